The highest BCUT2D eigenvalue weighted by atomic mass is 16.5. The molecule has 1 atom stereocenters. The van der Waals surface area contributed by atoms with Crippen LogP contribution in [-0.2, 0) is 9.53 Å². The predicted molar refractivity (Wildman–Crippen MR) is 107 cm³/mol. The van der Waals surface area contributed by atoms with Gasteiger partial charge in [-0.1, -0.05) is 17.7 Å². The van der Waals surface area contributed by atoms with Crippen molar-refractivity contribution in [2.24, 2.45) is 4.99 Å². The van der Waals surface area contributed by atoms with Crippen LogP contribution < -0.4 is 15.5 Å². The first-order valence-corrected chi connectivity index (χ1v) is 9.55. The third-order valence-electron chi connectivity index (χ3n) is 4.56. The van der Waals surface area contributed by atoms with E-state index in [9.17, 15) is 4.79 Å². The van der Waals surface area contributed by atoms with Crippen LogP contribution in [0.3, 0.4) is 0 Å². The van der Waals surface area contributed by atoms with E-state index in [1.807, 2.05) is 0 Å². The van der Waals surface area contributed by atoms with Crippen molar-refractivity contribution >= 4 is 17.6 Å². The highest BCUT2D eigenvalue weighted by Crippen LogP contribution is 2.20. The molecule has 0 amide bonds. The summed E-state index contributed by atoms with van der Waals surface area (Å²) in [6.07, 6.45) is 3.25. The molecule has 1 aromatic carbocycles. The fourth-order valence-electron chi connectivity index (χ4n) is 3.06. The number of nitrogens with one attached hydrogen (secondary N) is 2. The molecule has 0 saturated carbocycles. The van der Waals surface area contributed by atoms with Crippen LogP contribution in [0.5, 0.6) is 0 Å². The number of ether oxygens (including phenoxy) is 1. The number of aliphatic imine (C=N–C) groups is 1. The van der Waals surface area contributed by atoms with Gasteiger partial charge < -0.3 is 20.3 Å². The number of unbranched alkanes of at least 4 members (excludes halogenated alkanes) is 1. The molecule has 1 unspecified atom stereocenters. The van der Waals surface area contributed by atoms with Crippen molar-refractivity contribution in [2.45, 2.75) is 45.6 Å². The topological polar surface area (TPSA) is 66.0 Å². The number of rotatable bonds is 8. The van der Waals surface area contributed by atoms with Gasteiger partial charge in [0, 0.05) is 44.3 Å². The van der Waals surface area contributed by atoms with E-state index in [0.717, 1.165) is 44.9 Å². The second-order valence-corrected chi connectivity index (χ2v) is 6.71. The van der Waals surface area contributed by atoms with Crippen molar-refractivity contribution < 1.29 is 9.53 Å². The van der Waals surface area contributed by atoms with Crippen LogP contribution >= 0.6 is 0 Å². The van der Waals surface area contributed by atoms with Crippen molar-refractivity contribution in [2.75, 3.05) is 38.2 Å². The van der Waals surface area contributed by atoms with E-state index >= 15 is 0 Å². The molecule has 0 spiro atoms. The molecule has 0 aliphatic carbocycles. The summed E-state index contributed by atoms with van der Waals surface area (Å²) in [6.45, 7) is 7.77. The van der Waals surface area contributed by atoms with Gasteiger partial charge in [0.1, 0.15) is 0 Å². The Morgan fingerprint density at radius 2 is 2.08 bits per heavy atom. The molecule has 1 aromatic rings. The molecule has 1 aliphatic rings. The molecule has 0 aromatic heterocycles. The Hall–Kier alpha value is -2.24. The quantitative estimate of drug-likeness (QED) is 0.323. The first kappa shape index (κ1) is 20.1. The number of carbonyl (C=O) groups excluding carboxylic acids is 1. The fraction of sp³-hybridized carbons (Fsp3) is 0.600. The molecular formula is C20H32N4O2. The maximum atomic E-state index is 11.1. The summed E-state index contributed by atoms with van der Waals surface area (Å²) in [5.41, 5.74) is 2.57. The number of guanidine groups is 1. The first-order chi connectivity index (χ1) is 12.6. The molecule has 1 saturated heterocycles. The maximum Gasteiger partial charge on any atom is 0.305 e. The number of esters is 1. The van der Waals surface area contributed by atoms with Gasteiger partial charge in [0.05, 0.1) is 7.11 Å². The van der Waals surface area contributed by atoms with Gasteiger partial charge in [-0.3, -0.25) is 9.79 Å². The third-order valence-corrected chi connectivity index (χ3v) is 4.56. The van der Waals surface area contributed by atoms with Gasteiger partial charge in [-0.2, -0.15) is 0 Å². The van der Waals surface area contributed by atoms with Crippen molar-refractivity contribution in [3.63, 3.8) is 0 Å². The SMILES string of the molecule is CCNC(=NCCCCC(=O)OC)NC1CCN(c2ccc(C)cc2)C1. The van der Waals surface area contributed by atoms with Crippen LogP contribution in [0.2, 0.25) is 0 Å². The molecule has 1 heterocycles. The van der Waals surface area contributed by atoms with Crippen LogP contribution in [0, 0.1) is 6.92 Å². The van der Waals surface area contributed by atoms with Crippen LogP contribution in [0.15, 0.2) is 29.3 Å². The minimum absolute atomic E-state index is 0.152. The predicted octanol–water partition coefficient (Wildman–Crippen LogP) is 2.47. The van der Waals surface area contributed by atoms with Gasteiger partial charge >= 0.3 is 5.97 Å². The Balaban J connectivity index is 1.79. The molecule has 2 N–H and O–H groups in total. The van der Waals surface area contributed by atoms with Crippen LogP contribution in [0.1, 0.15) is 38.2 Å². The smallest absolute Gasteiger partial charge is 0.305 e. The van der Waals surface area contributed by atoms with E-state index < -0.39 is 0 Å². The lowest BCUT2D eigenvalue weighted by molar-refractivity contribution is -0.140. The number of hydrogen-bond donors (Lipinski definition) is 2. The van der Waals surface area contributed by atoms with Gasteiger partial charge in [-0.25, -0.2) is 0 Å². The van der Waals surface area contributed by atoms with Crippen LogP contribution in [0.25, 0.3) is 0 Å². The summed E-state index contributed by atoms with van der Waals surface area (Å²) in [5, 5.41) is 6.86. The number of anilines is 1. The average molecular weight is 361 g/mol. The number of carbonyl (C=O) groups is 1. The summed E-state index contributed by atoms with van der Waals surface area (Å²) in [5.74, 6) is 0.711. The standard InChI is InChI=1S/C20H32N4O2/c1-4-21-20(22-13-6-5-7-19(25)26-3)23-17-12-14-24(15-17)18-10-8-16(2)9-11-18/h8-11,17H,4-7,12-15H2,1-3H3,(H2,21,22,23). The minimum Gasteiger partial charge on any atom is -0.469 e. The fourth-order valence-corrected chi connectivity index (χ4v) is 3.06. The number of benzene rings is 1. The molecule has 1 fully saturated rings. The monoisotopic (exact) mass is 360 g/mol. The zero-order valence-corrected chi connectivity index (χ0v) is 16.3. The summed E-state index contributed by atoms with van der Waals surface area (Å²) in [6, 6.07) is 9.10. The number of aryl methyl sites for hydroxylation is 1. The lowest BCUT2D eigenvalue weighted by Crippen LogP contribution is -2.44. The van der Waals surface area contributed by atoms with Gasteiger partial charge in [-0.15, -0.1) is 0 Å². The molecule has 144 valence electrons. The Bertz CT molecular complexity index is 586. The second kappa shape index (κ2) is 10.7. The van der Waals surface area contributed by atoms with E-state index in [1.165, 1.54) is 18.4 Å². The molecule has 1 aliphatic heterocycles. The Morgan fingerprint density at radius 3 is 2.77 bits per heavy atom. The lowest BCUT2D eigenvalue weighted by Gasteiger charge is -2.20. The number of hydrogen-bond acceptors (Lipinski definition) is 4. The second-order valence-electron chi connectivity index (χ2n) is 6.71. The van der Waals surface area contributed by atoms with Gasteiger partial charge in [0.2, 0.25) is 0 Å². The zero-order valence-electron chi connectivity index (χ0n) is 16.3. The molecule has 6 nitrogen and oxygen atoms in total. The summed E-state index contributed by atoms with van der Waals surface area (Å²) >= 11 is 0. The van der Waals surface area contributed by atoms with Crippen LogP contribution in [-0.4, -0.2) is 51.3 Å². The van der Waals surface area contributed by atoms with E-state index in [0.29, 0.717) is 19.0 Å². The highest BCUT2D eigenvalue weighted by Gasteiger charge is 2.23. The zero-order chi connectivity index (χ0) is 18.8. The first-order valence-electron chi connectivity index (χ1n) is 9.55. The van der Waals surface area contributed by atoms with E-state index in [2.05, 4.69) is 63.4 Å². The van der Waals surface area contributed by atoms with Crippen LogP contribution in [0.4, 0.5) is 5.69 Å². The molecule has 0 radical (unpaired) electrons. The van der Waals surface area contributed by atoms with Crippen molar-refractivity contribution in [1.82, 2.24) is 10.6 Å². The van der Waals surface area contributed by atoms with E-state index in [1.54, 1.807) is 0 Å². The van der Waals surface area contributed by atoms with Crippen molar-refractivity contribution in [3.05, 3.63) is 29.8 Å². The van der Waals surface area contributed by atoms with E-state index in [4.69, 9.17) is 0 Å². The highest BCUT2D eigenvalue weighted by molar-refractivity contribution is 5.80. The van der Waals surface area contributed by atoms with Crippen molar-refractivity contribution in [1.29, 1.82) is 0 Å². The normalized spacial score (nSPS) is 17.3. The van der Waals surface area contributed by atoms with Crippen molar-refractivity contribution in [3.8, 4) is 0 Å². The van der Waals surface area contributed by atoms with Gasteiger partial charge in [-0.05, 0) is 45.2 Å². The average Bonchev–Trinajstić information content (AvgIpc) is 3.10. The number of methoxy groups -OCH3 is 1. The summed E-state index contributed by atoms with van der Waals surface area (Å²) in [7, 11) is 1.43. The maximum absolute atomic E-state index is 11.1. The molecular weight excluding hydrogens is 328 g/mol. The molecule has 6 heteroatoms. The van der Waals surface area contributed by atoms with E-state index in [-0.39, 0.29) is 5.97 Å². The number of nitrogens with zero attached hydrogens (tertiary/aromatic N) is 2. The Labute approximate surface area is 157 Å². The molecule has 2 rings (SSSR count). The summed E-state index contributed by atoms with van der Waals surface area (Å²) in [4.78, 5) is 18.2. The van der Waals surface area contributed by atoms with Gasteiger partial charge in [0.15, 0.2) is 5.96 Å². The third kappa shape index (κ3) is 6.58. The largest absolute Gasteiger partial charge is 0.469 e. The summed E-state index contributed by atoms with van der Waals surface area (Å²) < 4.78 is 4.65. The lowest BCUT2D eigenvalue weighted by atomic mass is 10.2. The molecule has 26 heavy (non-hydrogen) atoms. The Kier molecular flexibility index (Phi) is 8.25. The van der Waals surface area contributed by atoms with Gasteiger partial charge in [0.25, 0.3) is 0 Å². The minimum atomic E-state index is -0.152. The molecule has 0 bridgehead atoms. The Morgan fingerprint density at radius 1 is 1.31 bits per heavy atom.